The number of hydrogen-bond donors (Lipinski definition) is 2. The summed E-state index contributed by atoms with van der Waals surface area (Å²) in [5, 5.41) is 6.31. The summed E-state index contributed by atoms with van der Waals surface area (Å²) in [6, 6.07) is 7.87. The van der Waals surface area contributed by atoms with Crippen LogP contribution in [0.5, 0.6) is 5.75 Å². The van der Waals surface area contributed by atoms with Gasteiger partial charge < -0.3 is 15.4 Å². The summed E-state index contributed by atoms with van der Waals surface area (Å²) in [5.74, 6) is 0.968. The lowest BCUT2D eigenvalue weighted by Crippen LogP contribution is -2.40. The number of halogens is 1. The number of piperidine rings is 1. The van der Waals surface area contributed by atoms with Crippen molar-refractivity contribution in [3.63, 3.8) is 0 Å². The molecule has 1 aliphatic heterocycles. The highest BCUT2D eigenvalue weighted by Crippen LogP contribution is 2.21. The molecule has 1 aromatic carbocycles. The molecule has 2 atom stereocenters. The summed E-state index contributed by atoms with van der Waals surface area (Å²) in [6.07, 6.45) is 1.80. The number of methoxy groups -OCH3 is 1. The van der Waals surface area contributed by atoms with E-state index in [1.165, 1.54) is 0 Å². The van der Waals surface area contributed by atoms with Gasteiger partial charge in [0.25, 0.3) is 0 Å². The number of benzene rings is 1. The van der Waals surface area contributed by atoms with E-state index in [4.69, 9.17) is 4.74 Å². The van der Waals surface area contributed by atoms with Gasteiger partial charge in [0.15, 0.2) is 0 Å². The Kier molecular flexibility index (Phi) is 6.12. The minimum atomic E-state index is 0. The monoisotopic (exact) mass is 284 g/mol. The van der Waals surface area contributed by atoms with Gasteiger partial charge >= 0.3 is 0 Å². The van der Waals surface area contributed by atoms with E-state index in [2.05, 4.69) is 17.6 Å². The first-order valence-electron chi connectivity index (χ1n) is 6.37. The molecule has 5 heteroatoms. The maximum atomic E-state index is 12.1. The molecule has 0 unspecified atom stereocenters. The van der Waals surface area contributed by atoms with Crippen LogP contribution in [0.3, 0.4) is 0 Å². The molecule has 0 spiro atoms. The molecular formula is C14H21ClN2O2. The second kappa shape index (κ2) is 7.36. The van der Waals surface area contributed by atoms with Crippen molar-refractivity contribution in [2.24, 2.45) is 5.92 Å². The van der Waals surface area contributed by atoms with E-state index in [9.17, 15) is 4.79 Å². The molecule has 1 heterocycles. The topological polar surface area (TPSA) is 50.4 Å². The van der Waals surface area contributed by atoms with Crippen molar-refractivity contribution in [1.82, 2.24) is 5.32 Å². The van der Waals surface area contributed by atoms with Crippen LogP contribution in [0.25, 0.3) is 0 Å². The zero-order chi connectivity index (χ0) is 13.0. The quantitative estimate of drug-likeness (QED) is 0.896. The summed E-state index contributed by atoms with van der Waals surface area (Å²) in [5.41, 5.74) is 0.797. The molecule has 19 heavy (non-hydrogen) atoms. The first kappa shape index (κ1) is 15.8. The summed E-state index contributed by atoms with van der Waals surface area (Å²) in [7, 11) is 1.62. The van der Waals surface area contributed by atoms with Crippen molar-refractivity contribution >= 4 is 24.0 Å². The van der Waals surface area contributed by atoms with Crippen LogP contribution in [0.1, 0.15) is 19.8 Å². The highest BCUT2D eigenvalue weighted by atomic mass is 35.5. The van der Waals surface area contributed by atoms with Crippen molar-refractivity contribution in [2.75, 3.05) is 19.0 Å². The Balaban J connectivity index is 0.00000180. The Morgan fingerprint density at radius 3 is 2.95 bits per heavy atom. The van der Waals surface area contributed by atoms with E-state index in [-0.39, 0.29) is 24.2 Å². The standard InChI is InChI=1S/C14H20N2O2.ClH/c1-10-8-11(6-7-15-10)14(17)16-12-4-3-5-13(9-12)18-2;/h3-5,9-11,15H,6-8H2,1-2H3,(H,16,17);1H/t10-,11-;/m0./s1. The third kappa shape index (κ3) is 4.40. The lowest BCUT2D eigenvalue weighted by atomic mass is 9.92. The van der Waals surface area contributed by atoms with Gasteiger partial charge in [-0.2, -0.15) is 0 Å². The van der Waals surface area contributed by atoms with Crippen LogP contribution in [-0.2, 0) is 4.79 Å². The van der Waals surface area contributed by atoms with Crippen LogP contribution in [0.4, 0.5) is 5.69 Å². The normalized spacial score (nSPS) is 22.2. The molecule has 2 N–H and O–H groups in total. The smallest absolute Gasteiger partial charge is 0.227 e. The van der Waals surface area contributed by atoms with Crippen LogP contribution >= 0.6 is 12.4 Å². The van der Waals surface area contributed by atoms with Crippen molar-refractivity contribution in [3.8, 4) is 5.75 Å². The van der Waals surface area contributed by atoms with Gasteiger partial charge in [-0.15, -0.1) is 12.4 Å². The molecule has 0 aromatic heterocycles. The molecule has 1 fully saturated rings. The number of carbonyl (C=O) groups is 1. The Labute approximate surface area is 120 Å². The Hall–Kier alpha value is -1.26. The number of carbonyl (C=O) groups excluding carboxylic acids is 1. The molecule has 2 rings (SSSR count). The van der Waals surface area contributed by atoms with Crippen LogP contribution in [0.15, 0.2) is 24.3 Å². The van der Waals surface area contributed by atoms with Gasteiger partial charge in [0.1, 0.15) is 5.75 Å². The van der Waals surface area contributed by atoms with Crippen molar-refractivity contribution in [2.45, 2.75) is 25.8 Å². The summed E-state index contributed by atoms with van der Waals surface area (Å²) in [6.45, 7) is 3.03. The fourth-order valence-electron chi connectivity index (χ4n) is 2.32. The van der Waals surface area contributed by atoms with Gasteiger partial charge in [0, 0.05) is 23.7 Å². The largest absolute Gasteiger partial charge is 0.497 e. The molecule has 4 nitrogen and oxygen atoms in total. The van der Waals surface area contributed by atoms with Crippen molar-refractivity contribution in [1.29, 1.82) is 0 Å². The summed E-state index contributed by atoms with van der Waals surface area (Å²) in [4.78, 5) is 12.1. The van der Waals surface area contributed by atoms with E-state index in [0.717, 1.165) is 30.8 Å². The summed E-state index contributed by atoms with van der Waals surface area (Å²) >= 11 is 0. The SMILES string of the molecule is COc1cccc(NC(=O)[C@H]2CCN[C@@H](C)C2)c1.Cl. The highest BCUT2D eigenvalue weighted by Gasteiger charge is 2.24. The summed E-state index contributed by atoms with van der Waals surface area (Å²) < 4.78 is 5.14. The number of rotatable bonds is 3. The van der Waals surface area contributed by atoms with Crippen molar-refractivity contribution in [3.05, 3.63) is 24.3 Å². The predicted octanol–water partition coefficient (Wildman–Crippen LogP) is 2.44. The molecule has 1 amide bonds. The lowest BCUT2D eigenvalue weighted by molar-refractivity contribution is -0.120. The Bertz CT molecular complexity index is 426. The zero-order valence-corrected chi connectivity index (χ0v) is 12.1. The van der Waals surface area contributed by atoms with Gasteiger partial charge in [-0.25, -0.2) is 0 Å². The van der Waals surface area contributed by atoms with E-state index in [1.807, 2.05) is 24.3 Å². The van der Waals surface area contributed by atoms with Gasteiger partial charge in [-0.3, -0.25) is 4.79 Å². The van der Waals surface area contributed by atoms with Crippen LogP contribution in [0.2, 0.25) is 0 Å². The number of ether oxygens (including phenoxy) is 1. The van der Waals surface area contributed by atoms with E-state index in [1.54, 1.807) is 7.11 Å². The number of hydrogen-bond acceptors (Lipinski definition) is 3. The predicted molar refractivity (Wildman–Crippen MR) is 79.1 cm³/mol. The molecular weight excluding hydrogens is 264 g/mol. The average Bonchev–Trinajstić information content (AvgIpc) is 2.39. The Morgan fingerprint density at radius 2 is 2.26 bits per heavy atom. The maximum Gasteiger partial charge on any atom is 0.227 e. The van der Waals surface area contributed by atoms with Gasteiger partial charge in [0.05, 0.1) is 7.11 Å². The van der Waals surface area contributed by atoms with E-state index in [0.29, 0.717) is 6.04 Å². The molecule has 106 valence electrons. The number of anilines is 1. The number of amides is 1. The second-order valence-corrected chi connectivity index (χ2v) is 4.80. The second-order valence-electron chi connectivity index (χ2n) is 4.80. The average molecular weight is 285 g/mol. The first-order chi connectivity index (χ1) is 8.69. The van der Waals surface area contributed by atoms with Crippen LogP contribution in [0, 0.1) is 5.92 Å². The van der Waals surface area contributed by atoms with Crippen LogP contribution in [-0.4, -0.2) is 25.6 Å². The molecule has 0 saturated carbocycles. The fourth-order valence-corrected chi connectivity index (χ4v) is 2.32. The maximum absolute atomic E-state index is 12.1. The highest BCUT2D eigenvalue weighted by molar-refractivity contribution is 5.92. The minimum Gasteiger partial charge on any atom is -0.497 e. The first-order valence-corrected chi connectivity index (χ1v) is 6.37. The van der Waals surface area contributed by atoms with Gasteiger partial charge in [-0.1, -0.05) is 6.07 Å². The third-order valence-corrected chi connectivity index (χ3v) is 3.33. The van der Waals surface area contributed by atoms with Gasteiger partial charge in [-0.05, 0) is 38.4 Å². The van der Waals surface area contributed by atoms with Crippen LogP contribution < -0.4 is 15.4 Å². The van der Waals surface area contributed by atoms with Crippen molar-refractivity contribution < 1.29 is 9.53 Å². The zero-order valence-electron chi connectivity index (χ0n) is 11.3. The molecule has 0 aliphatic carbocycles. The molecule has 1 saturated heterocycles. The van der Waals surface area contributed by atoms with Gasteiger partial charge in [0.2, 0.25) is 5.91 Å². The van der Waals surface area contributed by atoms with E-state index < -0.39 is 0 Å². The molecule has 1 aliphatic rings. The molecule has 0 radical (unpaired) electrons. The third-order valence-electron chi connectivity index (χ3n) is 3.33. The fraction of sp³-hybridized carbons (Fsp3) is 0.500. The molecule has 1 aromatic rings. The Morgan fingerprint density at radius 1 is 1.47 bits per heavy atom. The van der Waals surface area contributed by atoms with E-state index >= 15 is 0 Å². The molecule has 0 bridgehead atoms. The lowest BCUT2D eigenvalue weighted by Gasteiger charge is -2.27. The number of nitrogens with one attached hydrogen (secondary N) is 2. The minimum absolute atomic E-state index is 0.